The molecular formula is C26H54N16O4. The molecule has 0 rings (SSSR count). The molecule has 0 aromatic heterocycles. The number of likely N-dealkylation sites (N-methyl/N-ethyl adjacent to an activating group) is 1. The number of guanidine groups is 4. The zero-order valence-electron chi connectivity index (χ0n) is 26.8. The van der Waals surface area contributed by atoms with E-state index in [9.17, 15) is 19.2 Å². The first-order valence-electron chi connectivity index (χ1n) is 15.0. The molecule has 0 aromatic rings. The van der Waals surface area contributed by atoms with Crippen LogP contribution in [0, 0.1) is 5.92 Å². The van der Waals surface area contributed by atoms with Crippen molar-refractivity contribution in [2.45, 2.75) is 76.4 Å². The van der Waals surface area contributed by atoms with Gasteiger partial charge < -0.3 is 67.1 Å². The number of nitrogens with zero attached hydrogens (tertiary/aromatic N) is 4. The summed E-state index contributed by atoms with van der Waals surface area (Å²) in [5, 5.41) is 10.7. The molecule has 0 aromatic carbocycles. The van der Waals surface area contributed by atoms with Crippen LogP contribution in [0.25, 0.3) is 0 Å². The molecular weight excluding hydrogens is 600 g/mol. The van der Waals surface area contributed by atoms with Crippen molar-refractivity contribution in [1.82, 2.24) is 21.3 Å². The van der Waals surface area contributed by atoms with Crippen molar-refractivity contribution in [3.05, 3.63) is 0 Å². The van der Waals surface area contributed by atoms with Gasteiger partial charge in [0.1, 0.15) is 18.1 Å². The van der Waals surface area contributed by atoms with Crippen molar-refractivity contribution < 1.29 is 19.2 Å². The first kappa shape index (κ1) is 41.0. The van der Waals surface area contributed by atoms with Crippen LogP contribution in [0.3, 0.4) is 0 Å². The van der Waals surface area contributed by atoms with Crippen molar-refractivity contribution in [2.75, 3.05) is 33.2 Å². The fraction of sp³-hybridized carbons (Fsp3) is 0.692. The molecule has 0 spiro atoms. The summed E-state index contributed by atoms with van der Waals surface area (Å²) in [6, 6.07) is -3.05. The Labute approximate surface area is 269 Å². The van der Waals surface area contributed by atoms with Crippen LogP contribution < -0.4 is 67.1 Å². The summed E-state index contributed by atoms with van der Waals surface area (Å²) in [4.78, 5) is 68.2. The minimum atomic E-state index is -1.10. The Hall–Kier alpha value is -5.04. The van der Waals surface area contributed by atoms with Crippen molar-refractivity contribution in [2.24, 2.45) is 71.8 Å². The highest BCUT2D eigenvalue weighted by Gasteiger charge is 2.29. The number of hydrogen-bond donors (Lipinski definition) is 12. The molecule has 0 radical (unpaired) electrons. The predicted molar refractivity (Wildman–Crippen MR) is 179 cm³/mol. The number of carbonyl (C=O) groups excluding carboxylic acids is 4. The first-order valence-corrected chi connectivity index (χ1v) is 15.0. The Morgan fingerprint density at radius 1 is 0.478 bits per heavy atom. The summed E-state index contributed by atoms with van der Waals surface area (Å²) >= 11 is 0. The monoisotopic (exact) mass is 654 g/mol. The molecule has 4 amide bonds. The van der Waals surface area contributed by atoms with Crippen LogP contribution in [0.5, 0.6) is 0 Å². The van der Waals surface area contributed by atoms with Crippen LogP contribution in [0.4, 0.5) is 0 Å². The smallest absolute Gasteiger partial charge is 0.243 e. The van der Waals surface area contributed by atoms with E-state index in [1.807, 2.05) is 0 Å². The summed E-state index contributed by atoms with van der Waals surface area (Å²) in [6.07, 6.45) is 2.59. The standard InChI is InChI=1S/C26H54N16O4/c1-15(7-3-11-36-23(27)28)19(43)40-17(9-5-13-38-25(31)32)21(45)42-18(10-6-14-39-26(33)34)22(46)41-16(20(44)35-2)8-4-12-37-24(29)30/h15-18H,3-14H2,1-2H3,(H,35,44)(H,40,43)(H,41,46)(H,42,45)(H4,27,28,36)(H4,29,30,37)(H4,31,32,38)(H4,33,34,39). The van der Waals surface area contributed by atoms with E-state index in [1.165, 1.54) is 7.05 Å². The van der Waals surface area contributed by atoms with Crippen LogP contribution in [0.1, 0.15) is 58.3 Å². The van der Waals surface area contributed by atoms with Gasteiger partial charge in [-0.25, -0.2) is 0 Å². The van der Waals surface area contributed by atoms with Crippen molar-refractivity contribution >= 4 is 47.5 Å². The van der Waals surface area contributed by atoms with Gasteiger partial charge in [0.25, 0.3) is 0 Å². The van der Waals surface area contributed by atoms with E-state index in [4.69, 9.17) is 45.9 Å². The van der Waals surface area contributed by atoms with Gasteiger partial charge in [0.15, 0.2) is 23.8 Å². The molecule has 0 fully saturated rings. The van der Waals surface area contributed by atoms with Crippen LogP contribution in [0.2, 0.25) is 0 Å². The molecule has 0 saturated heterocycles. The number of aliphatic imine (C=N–C) groups is 4. The second-order valence-electron chi connectivity index (χ2n) is 10.5. The first-order chi connectivity index (χ1) is 21.7. The molecule has 0 bridgehead atoms. The number of carbonyl (C=O) groups is 4. The zero-order chi connectivity index (χ0) is 35.1. The van der Waals surface area contributed by atoms with E-state index in [1.54, 1.807) is 6.92 Å². The Kier molecular flexibility index (Phi) is 20.8. The van der Waals surface area contributed by atoms with Gasteiger partial charge in [-0.3, -0.25) is 39.1 Å². The Balaban J connectivity index is 5.87. The lowest BCUT2D eigenvalue weighted by Crippen LogP contribution is -2.57. The fourth-order valence-corrected chi connectivity index (χ4v) is 4.09. The highest BCUT2D eigenvalue weighted by atomic mass is 16.2. The summed E-state index contributed by atoms with van der Waals surface area (Å²) in [6.45, 7) is 2.72. The summed E-state index contributed by atoms with van der Waals surface area (Å²) in [5.41, 5.74) is 43.0. The van der Waals surface area contributed by atoms with Crippen LogP contribution in [-0.2, 0) is 19.2 Å². The van der Waals surface area contributed by atoms with E-state index in [0.29, 0.717) is 38.6 Å². The van der Waals surface area contributed by atoms with Gasteiger partial charge in [-0.05, 0) is 51.4 Å². The second kappa shape index (κ2) is 23.4. The minimum Gasteiger partial charge on any atom is -0.370 e. The third-order valence-corrected chi connectivity index (χ3v) is 6.52. The fourth-order valence-electron chi connectivity index (χ4n) is 4.09. The summed E-state index contributed by atoms with van der Waals surface area (Å²) in [5.74, 6) is -2.88. The maximum Gasteiger partial charge on any atom is 0.243 e. The number of nitrogens with two attached hydrogens (primary N) is 8. The van der Waals surface area contributed by atoms with Gasteiger partial charge >= 0.3 is 0 Å². The third-order valence-electron chi connectivity index (χ3n) is 6.52. The van der Waals surface area contributed by atoms with E-state index in [0.717, 1.165) is 0 Å². The molecule has 0 aliphatic heterocycles. The maximum atomic E-state index is 13.5. The topological polar surface area (TPSA) is 374 Å². The van der Waals surface area contributed by atoms with Crippen molar-refractivity contribution in [3.63, 3.8) is 0 Å². The van der Waals surface area contributed by atoms with Gasteiger partial charge in [0.2, 0.25) is 23.6 Å². The molecule has 262 valence electrons. The lowest BCUT2D eigenvalue weighted by Gasteiger charge is -2.26. The van der Waals surface area contributed by atoms with Crippen molar-refractivity contribution in [3.8, 4) is 0 Å². The molecule has 0 aliphatic rings. The summed E-state index contributed by atoms with van der Waals surface area (Å²) in [7, 11) is 1.43. The van der Waals surface area contributed by atoms with E-state index in [-0.39, 0.29) is 68.6 Å². The largest absolute Gasteiger partial charge is 0.370 e. The molecule has 20 N–H and O–H groups in total. The zero-order valence-corrected chi connectivity index (χ0v) is 26.8. The number of amides is 4. The number of nitrogens with one attached hydrogen (secondary N) is 4. The van der Waals surface area contributed by atoms with E-state index in [2.05, 4.69) is 41.2 Å². The number of rotatable bonds is 23. The Morgan fingerprint density at radius 3 is 1.07 bits per heavy atom. The maximum absolute atomic E-state index is 13.5. The molecule has 0 heterocycles. The average molecular weight is 655 g/mol. The van der Waals surface area contributed by atoms with Gasteiger partial charge in [-0.1, -0.05) is 6.92 Å². The van der Waals surface area contributed by atoms with Gasteiger partial charge in [0.05, 0.1) is 0 Å². The van der Waals surface area contributed by atoms with Crippen LogP contribution >= 0.6 is 0 Å². The SMILES string of the molecule is CNC(=O)C(CCCN=C(N)N)NC(=O)C(CCCN=C(N)N)NC(=O)C(CCCN=C(N)N)NC(=O)C(C)CCCN=C(N)N. The van der Waals surface area contributed by atoms with E-state index < -0.39 is 41.8 Å². The van der Waals surface area contributed by atoms with Crippen molar-refractivity contribution in [1.29, 1.82) is 0 Å². The molecule has 20 heteroatoms. The Bertz CT molecular complexity index is 1080. The summed E-state index contributed by atoms with van der Waals surface area (Å²) < 4.78 is 0. The lowest BCUT2D eigenvalue weighted by atomic mass is 10.0. The van der Waals surface area contributed by atoms with Gasteiger partial charge in [-0.15, -0.1) is 0 Å². The molecule has 4 atom stereocenters. The predicted octanol–water partition coefficient (Wildman–Crippen LogP) is -4.96. The molecule has 46 heavy (non-hydrogen) atoms. The normalized spacial score (nSPS) is 13.0. The third kappa shape index (κ3) is 20.0. The lowest BCUT2D eigenvalue weighted by molar-refractivity contribution is -0.134. The number of hydrogen-bond acceptors (Lipinski definition) is 8. The molecule has 4 unspecified atom stereocenters. The van der Waals surface area contributed by atoms with E-state index >= 15 is 0 Å². The van der Waals surface area contributed by atoms with Gasteiger partial charge in [-0.2, -0.15) is 0 Å². The quantitative estimate of drug-likeness (QED) is 0.0280. The molecule has 20 nitrogen and oxygen atoms in total. The van der Waals surface area contributed by atoms with Crippen LogP contribution in [0.15, 0.2) is 20.0 Å². The second-order valence-corrected chi connectivity index (χ2v) is 10.5. The van der Waals surface area contributed by atoms with Crippen LogP contribution in [-0.4, -0.2) is 98.8 Å². The molecule has 0 aliphatic carbocycles. The highest BCUT2D eigenvalue weighted by Crippen LogP contribution is 2.10. The minimum absolute atomic E-state index is 0.0425. The molecule has 0 saturated carbocycles. The highest BCUT2D eigenvalue weighted by molar-refractivity contribution is 5.94. The average Bonchev–Trinajstić information content (AvgIpc) is 2.98. The Morgan fingerprint density at radius 2 is 0.761 bits per heavy atom. The van der Waals surface area contributed by atoms with Gasteiger partial charge in [0, 0.05) is 39.1 Å².